The summed E-state index contributed by atoms with van der Waals surface area (Å²) in [6.45, 7) is -0.460. The maximum Gasteiger partial charge on any atom is 0.340 e. The lowest BCUT2D eigenvalue weighted by Gasteiger charge is -2.39. The Labute approximate surface area is 246 Å². The number of hydrogen-bond donors (Lipinski definition) is 4. The molecule has 0 spiro atoms. The van der Waals surface area contributed by atoms with Gasteiger partial charge in [0.15, 0.2) is 6.10 Å². The van der Waals surface area contributed by atoms with Crippen molar-refractivity contribution in [2.45, 2.75) is 79.9 Å². The van der Waals surface area contributed by atoms with E-state index in [1.807, 2.05) is 7.05 Å². The highest BCUT2D eigenvalue weighted by Crippen LogP contribution is 2.48. The molecule has 5 unspecified atom stereocenters. The van der Waals surface area contributed by atoms with Gasteiger partial charge in [0.05, 0.1) is 5.56 Å². The normalized spacial score (nSPS) is 35.3. The van der Waals surface area contributed by atoms with Crippen molar-refractivity contribution in [1.29, 1.82) is 0 Å². The molecule has 0 radical (unpaired) electrons. The van der Waals surface area contributed by atoms with Crippen LogP contribution in [0, 0.1) is 0 Å². The SMILES string of the molecule is CN1C2CC(OC(=O)C(COC(=O)[C@H]3O[C@@H](OC(=O)c4ccc(O)cc4)[C@H](O)[C@@H](O)[C@@H]3O)c3ccccc3)CC1C1OC12. The standard InChI is InChI=1S/C30H33NO12/c1-31-19-11-17(12-20(31)25-24(19)41-25)40-28(37)18(14-5-3-2-4-6-14)13-39-29(38)26-22(34)21(33)23(35)30(42-26)43-27(36)15-7-9-16(32)10-8-15/h2-10,17-26,30,32-35H,11-13H2,1H3/t17?,18?,19?,20?,21-,22-,23+,24?,25?,26-,30-/m0/s1. The third-order valence-electron chi connectivity index (χ3n) is 8.66. The number of phenolic OH excluding ortho intramolecular Hbond substituents is 1. The number of carbonyl (C=O) groups is 3. The summed E-state index contributed by atoms with van der Waals surface area (Å²) in [6.07, 6.45) is -8.11. The van der Waals surface area contributed by atoms with E-state index in [2.05, 4.69) is 4.90 Å². The minimum atomic E-state index is -1.92. The maximum atomic E-state index is 13.4. The molecule has 10 atom stereocenters. The minimum absolute atomic E-state index is 0.000254. The van der Waals surface area contributed by atoms with E-state index in [1.165, 1.54) is 24.3 Å². The van der Waals surface area contributed by atoms with Crippen molar-refractivity contribution >= 4 is 17.9 Å². The van der Waals surface area contributed by atoms with E-state index in [-0.39, 0.29) is 41.7 Å². The Kier molecular flexibility index (Phi) is 8.11. The van der Waals surface area contributed by atoms with Gasteiger partial charge in [0.2, 0.25) is 6.29 Å². The molecule has 43 heavy (non-hydrogen) atoms. The van der Waals surface area contributed by atoms with Gasteiger partial charge < -0.3 is 44.1 Å². The Hall–Kier alpha value is -3.59. The third kappa shape index (κ3) is 5.84. The zero-order valence-electron chi connectivity index (χ0n) is 23.2. The first-order chi connectivity index (χ1) is 20.6. The Bertz CT molecular complexity index is 1320. The molecular formula is C30H33NO12. The second-order valence-electron chi connectivity index (χ2n) is 11.3. The Morgan fingerprint density at radius 1 is 0.884 bits per heavy atom. The van der Waals surface area contributed by atoms with Crippen molar-refractivity contribution in [3.05, 3.63) is 65.7 Å². The van der Waals surface area contributed by atoms with Crippen LogP contribution in [-0.4, -0.2) is 118 Å². The summed E-state index contributed by atoms with van der Waals surface area (Å²) in [5.74, 6) is -3.78. The van der Waals surface area contributed by atoms with Gasteiger partial charge in [-0.15, -0.1) is 0 Å². The van der Waals surface area contributed by atoms with Crippen LogP contribution < -0.4 is 0 Å². The van der Waals surface area contributed by atoms with Crippen LogP contribution in [0.4, 0.5) is 0 Å². The van der Waals surface area contributed by atoms with Crippen LogP contribution in [0.3, 0.4) is 0 Å². The first-order valence-electron chi connectivity index (χ1n) is 14.1. The lowest BCUT2D eigenvalue weighted by atomic mass is 9.97. The second kappa shape index (κ2) is 11.8. The number of aliphatic hydroxyl groups excluding tert-OH is 3. The molecule has 230 valence electrons. The van der Waals surface area contributed by atoms with Crippen LogP contribution in [0.25, 0.3) is 0 Å². The van der Waals surface area contributed by atoms with Crippen LogP contribution in [0.15, 0.2) is 54.6 Å². The van der Waals surface area contributed by atoms with Gasteiger partial charge in [0.1, 0.15) is 54.9 Å². The van der Waals surface area contributed by atoms with E-state index in [9.17, 15) is 34.8 Å². The predicted octanol–water partition coefficient (Wildman–Crippen LogP) is -0.161. The lowest BCUT2D eigenvalue weighted by molar-refractivity contribution is -0.280. The van der Waals surface area contributed by atoms with Crippen LogP contribution >= 0.6 is 0 Å². The van der Waals surface area contributed by atoms with E-state index < -0.39 is 61.1 Å². The first-order valence-corrected chi connectivity index (χ1v) is 14.1. The highest BCUT2D eigenvalue weighted by molar-refractivity contribution is 5.89. The van der Waals surface area contributed by atoms with E-state index in [0.717, 1.165) is 0 Å². The molecule has 0 aliphatic carbocycles. The van der Waals surface area contributed by atoms with Gasteiger partial charge in [-0.1, -0.05) is 30.3 Å². The minimum Gasteiger partial charge on any atom is -0.508 e. The summed E-state index contributed by atoms with van der Waals surface area (Å²) in [7, 11) is 2.05. The number of ether oxygens (including phenoxy) is 5. The largest absolute Gasteiger partial charge is 0.508 e. The van der Waals surface area contributed by atoms with Gasteiger partial charge >= 0.3 is 17.9 Å². The summed E-state index contributed by atoms with van der Waals surface area (Å²) in [4.78, 5) is 41.3. The number of carbonyl (C=O) groups excluding carboxylic acids is 3. The van der Waals surface area contributed by atoms with Crippen molar-refractivity contribution in [3.63, 3.8) is 0 Å². The van der Waals surface area contributed by atoms with Gasteiger partial charge in [0, 0.05) is 24.9 Å². The van der Waals surface area contributed by atoms with E-state index in [4.69, 9.17) is 23.7 Å². The summed E-state index contributed by atoms with van der Waals surface area (Å²) in [5, 5.41) is 40.6. The van der Waals surface area contributed by atoms with E-state index >= 15 is 0 Å². The Balaban J connectivity index is 1.10. The zero-order valence-corrected chi connectivity index (χ0v) is 23.2. The predicted molar refractivity (Wildman–Crippen MR) is 143 cm³/mol. The number of likely N-dealkylation sites (N-methyl/N-ethyl adjacent to an activating group) is 1. The fourth-order valence-corrected chi connectivity index (χ4v) is 6.19. The Morgan fingerprint density at radius 3 is 2.19 bits per heavy atom. The number of fused-ring (bicyclic) bond motifs is 5. The quantitative estimate of drug-likeness (QED) is 0.178. The molecule has 4 aliphatic heterocycles. The monoisotopic (exact) mass is 599 g/mol. The van der Waals surface area contributed by atoms with Crippen LogP contribution in [0.1, 0.15) is 34.7 Å². The molecule has 0 saturated carbocycles. The molecule has 4 fully saturated rings. The average Bonchev–Trinajstić information content (AvgIpc) is 3.77. The molecule has 13 heteroatoms. The van der Waals surface area contributed by atoms with Crippen molar-refractivity contribution < 1.29 is 58.5 Å². The first kappa shape index (κ1) is 29.5. The van der Waals surface area contributed by atoms with Gasteiger partial charge in [-0.3, -0.25) is 9.69 Å². The molecular weight excluding hydrogens is 566 g/mol. The number of aromatic hydroxyl groups is 1. The van der Waals surface area contributed by atoms with Gasteiger partial charge in [0.25, 0.3) is 0 Å². The number of aliphatic hydroxyl groups is 3. The molecule has 4 saturated heterocycles. The van der Waals surface area contributed by atoms with Crippen LogP contribution in [0.5, 0.6) is 5.75 Å². The molecule has 0 aromatic heterocycles. The van der Waals surface area contributed by atoms with Crippen molar-refractivity contribution in [1.82, 2.24) is 4.90 Å². The molecule has 4 heterocycles. The number of morpholine rings is 1. The van der Waals surface area contributed by atoms with Crippen LogP contribution in [0.2, 0.25) is 0 Å². The molecule has 2 aromatic rings. The number of epoxide rings is 1. The van der Waals surface area contributed by atoms with Gasteiger partial charge in [-0.25, -0.2) is 9.59 Å². The molecule has 4 N–H and O–H groups in total. The van der Waals surface area contributed by atoms with Crippen molar-refractivity contribution in [2.24, 2.45) is 0 Å². The topological polar surface area (TPSA) is 185 Å². The molecule has 4 aliphatic rings. The van der Waals surface area contributed by atoms with Crippen molar-refractivity contribution in [2.75, 3.05) is 13.7 Å². The summed E-state index contributed by atoms with van der Waals surface area (Å²) in [5.41, 5.74) is 0.545. The summed E-state index contributed by atoms with van der Waals surface area (Å²) >= 11 is 0. The summed E-state index contributed by atoms with van der Waals surface area (Å²) in [6, 6.07) is 14.0. The Morgan fingerprint density at radius 2 is 1.53 bits per heavy atom. The molecule has 2 aromatic carbocycles. The smallest absolute Gasteiger partial charge is 0.340 e. The van der Waals surface area contributed by atoms with Crippen LogP contribution in [-0.2, 0) is 33.3 Å². The molecule has 6 rings (SSSR count). The number of nitrogens with zero attached hydrogens (tertiary/aromatic N) is 1. The maximum absolute atomic E-state index is 13.4. The molecule has 13 nitrogen and oxygen atoms in total. The fourth-order valence-electron chi connectivity index (χ4n) is 6.19. The van der Waals surface area contributed by atoms with Gasteiger partial charge in [-0.2, -0.15) is 0 Å². The highest BCUT2D eigenvalue weighted by atomic mass is 16.7. The average molecular weight is 600 g/mol. The van der Waals surface area contributed by atoms with E-state index in [0.29, 0.717) is 18.4 Å². The highest BCUT2D eigenvalue weighted by Gasteiger charge is 2.63. The molecule has 0 amide bonds. The number of rotatable bonds is 8. The van der Waals surface area contributed by atoms with E-state index in [1.54, 1.807) is 30.3 Å². The summed E-state index contributed by atoms with van der Waals surface area (Å²) < 4.78 is 27.5. The fraction of sp³-hybridized carbons (Fsp3) is 0.500. The number of hydrogen-bond acceptors (Lipinski definition) is 13. The number of esters is 3. The van der Waals surface area contributed by atoms with Crippen molar-refractivity contribution in [3.8, 4) is 5.75 Å². The number of phenols is 1. The number of benzene rings is 2. The second-order valence-corrected chi connectivity index (χ2v) is 11.3. The third-order valence-corrected chi connectivity index (χ3v) is 8.66. The lowest BCUT2D eigenvalue weighted by Crippen LogP contribution is -2.61. The zero-order chi connectivity index (χ0) is 30.4. The number of piperidine rings is 1. The molecule has 2 bridgehead atoms. The van der Waals surface area contributed by atoms with Gasteiger partial charge in [-0.05, 0) is 36.9 Å².